The molecule has 0 radical (unpaired) electrons. The molecule has 0 amide bonds. The van der Waals surface area contributed by atoms with E-state index in [1.54, 1.807) is 18.3 Å². The molecule has 0 spiro atoms. The number of benzene rings is 1. The van der Waals surface area contributed by atoms with Gasteiger partial charge in [0.1, 0.15) is 0 Å². The van der Waals surface area contributed by atoms with Crippen LogP contribution in [0.3, 0.4) is 0 Å². The molecule has 0 aliphatic carbocycles. The summed E-state index contributed by atoms with van der Waals surface area (Å²) >= 11 is 6.36. The molecule has 0 aliphatic heterocycles. The van der Waals surface area contributed by atoms with Gasteiger partial charge in [0, 0.05) is 22.3 Å². The van der Waals surface area contributed by atoms with E-state index < -0.39 is 0 Å². The number of nitrogens with zero attached hydrogens (tertiary/aromatic N) is 3. The van der Waals surface area contributed by atoms with E-state index in [0.29, 0.717) is 28.3 Å². The van der Waals surface area contributed by atoms with E-state index in [1.807, 2.05) is 18.2 Å². The Hall–Kier alpha value is -2.24. The Kier molecular flexibility index (Phi) is 4.92. The lowest BCUT2D eigenvalue weighted by atomic mass is 10.0. The summed E-state index contributed by atoms with van der Waals surface area (Å²) < 4.78 is 5.34. The van der Waals surface area contributed by atoms with Gasteiger partial charge < -0.3 is 9.63 Å². The molecule has 2 aromatic heterocycles. The maximum atomic E-state index is 9.03. The number of pyridine rings is 1. The Labute approximate surface area is 145 Å². The van der Waals surface area contributed by atoms with E-state index in [9.17, 15) is 0 Å². The standard InChI is InChI=1S/C18H18ClN3O2/c1-11(2)7-12-3-4-13(8-16(12)19)18-21-17(22-24-18)14-5-6-15(10-23)20-9-14/h3-6,8-9,11,23H,7,10H2,1-2H3. The average Bonchev–Trinajstić information content (AvgIpc) is 3.06. The van der Waals surface area contributed by atoms with Crippen LogP contribution in [0.15, 0.2) is 41.1 Å². The van der Waals surface area contributed by atoms with Gasteiger partial charge in [0.05, 0.1) is 12.3 Å². The van der Waals surface area contributed by atoms with Crippen LogP contribution in [0.25, 0.3) is 22.8 Å². The third-order valence-corrected chi connectivity index (χ3v) is 3.95. The largest absolute Gasteiger partial charge is 0.390 e. The number of hydrogen-bond acceptors (Lipinski definition) is 5. The van der Waals surface area contributed by atoms with Crippen LogP contribution < -0.4 is 0 Å². The third kappa shape index (κ3) is 3.63. The number of aliphatic hydroxyl groups is 1. The predicted octanol–water partition coefficient (Wildman–Crippen LogP) is 4.14. The van der Waals surface area contributed by atoms with Crippen molar-refractivity contribution >= 4 is 11.6 Å². The summed E-state index contributed by atoms with van der Waals surface area (Å²) in [6.45, 7) is 4.22. The average molecular weight is 344 g/mol. The van der Waals surface area contributed by atoms with Gasteiger partial charge in [-0.2, -0.15) is 4.98 Å². The first-order chi connectivity index (χ1) is 11.6. The normalized spacial score (nSPS) is 11.2. The molecule has 24 heavy (non-hydrogen) atoms. The topological polar surface area (TPSA) is 72.0 Å². The van der Waals surface area contributed by atoms with Crippen LogP contribution >= 0.6 is 11.6 Å². The van der Waals surface area contributed by atoms with E-state index in [2.05, 4.69) is 29.0 Å². The zero-order valence-electron chi connectivity index (χ0n) is 13.5. The lowest BCUT2D eigenvalue weighted by Crippen LogP contribution is -1.95. The highest BCUT2D eigenvalue weighted by molar-refractivity contribution is 6.31. The van der Waals surface area contributed by atoms with E-state index in [0.717, 1.165) is 23.1 Å². The first kappa shape index (κ1) is 16.6. The molecule has 0 aliphatic rings. The molecule has 124 valence electrons. The van der Waals surface area contributed by atoms with Crippen LogP contribution in [0, 0.1) is 5.92 Å². The van der Waals surface area contributed by atoms with Gasteiger partial charge in [-0.15, -0.1) is 0 Å². The molecule has 1 aromatic carbocycles. The molecule has 0 bridgehead atoms. The second-order valence-corrected chi connectivity index (χ2v) is 6.43. The summed E-state index contributed by atoms with van der Waals surface area (Å²) in [6.07, 6.45) is 2.54. The van der Waals surface area contributed by atoms with Crippen LogP contribution in [-0.4, -0.2) is 20.2 Å². The number of hydrogen-bond donors (Lipinski definition) is 1. The SMILES string of the molecule is CC(C)Cc1ccc(-c2nc(-c3ccc(CO)nc3)no2)cc1Cl. The fourth-order valence-electron chi connectivity index (χ4n) is 2.39. The fourth-order valence-corrected chi connectivity index (χ4v) is 2.65. The van der Waals surface area contributed by atoms with E-state index >= 15 is 0 Å². The molecular weight excluding hydrogens is 326 g/mol. The second-order valence-electron chi connectivity index (χ2n) is 6.02. The van der Waals surface area contributed by atoms with Gasteiger partial charge in [-0.05, 0) is 42.2 Å². The minimum absolute atomic E-state index is 0.0982. The molecule has 3 aromatic rings. The van der Waals surface area contributed by atoms with Gasteiger partial charge in [0.25, 0.3) is 5.89 Å². The number of aliphatic hydroxyl groups excluding tert-OH is 1. The van der Waals surface area contributed by atoms with E-state index in [4.69, 9.17) is 21.2 Å². The minimum Gasteiger partial charge on any atom is -0.390 e. The molecule has 2 heterocycles. The zero-order valence-corrected chi connectivity index (χ0v) is 14.3. The highest BCUT2D eigenvalue weighted by atomic mass is 35.5. The van der Waals surface area contributed by atoms with Gasteiger partial charge in [-0.25, -0.2) is 0 Å². The molecule has 0 saturated carbocycles. The smallest absolute Gasteiger partial charge is 0.258 e. The summed E-state index contributed by atoms with van der Waals surface area (Å²) in [5.74, 6) is 1.40. The van der Waals surface area contributed by atoms with Crippen molar-refractivity contribution in [2.24, 2.45) is 5.92 Å². The van der Waals surface area contributed by atoms with E-state index in [1.165, 1.54) is 0 Å². The highest BCUT2D eigenvalue weighted by Gasteiger charge is 2.13. The maximum Gasteiger partial charge on any atom is 0.258 e. The van der Waals surface area contributed by atoms with Crippen LogP contribution in [0.4, 0.5) is 0 Å². The van der Waals surface area contributed by atoms with Gasteiger partial charge in [-0.1, -0.05) is 36.7 Å². The number of aromatic nitrogens is 3. The quantitative estimate of drug-likeness (QED) is 0.753. The minimum atomic E-state index is -0.0982. The molecular formula is C18H18ClN3O2. The summed E-state index contributed by atoms with van der Waals surface area (Å²) in [7, 11) is 0. The van der Waals surface area contributed by atoms with Crippen molar-refractivity contribution in [1.82, 2.24) is 15.1 Å². The summed E-state index contributed by atoms with van der Waals surface area (Å²) in [5.41, 5.74) is 3.21. The van der Waals surface area contributed by atoms with Crippen molar-refractivity contribution in [2.45, 2.75) is 26.9 Å². The van der Waals surface area contributed by atoms with Crippen molar-refractivity contribution in [2.75, 3.05) is 0 Å². The Balaban J connectivity index is 1.85. The Morgan fingerprint density at radius 1 is 1.17 bits per heavy atom. The first-order valence-corrected chi connectivity index (χ1v) is 8.13. The third-order valence-electron chi connectivity index (χ3n) is 3.60. The van der Waals surface area contributed by atoms with Crippen molar-refractivity contribution in [3.8, 4) is 22.8 Å². The van der Waals surface area contributed by atoms with E-state index in [-0.39, 0.29) is 6.61 Å². The van der Waals surface area contributed by atoms with Crippen molar-refractivity contribution in [1.29, 1.82) is 0 Å². The first-order valence-electron chi connectivity index (χ1n) is 7.75. The lowest BCUT2D eigenvalue weighted by molar-refractivity contribution is 0.277. The second kappa shape index (κ2) is 7.11. The molecule has 5 nitrogen and oxygen atoms in total. The van der Waals surface area contributed by atoms with Gasteiger partial charge in [0.2, 0.25) is 5.82 Å². The molecule has 0 fully saturated rings. The maximum absolute atomic E-state index is 9.03. The molecule has 6 heteroatoms. The van der Waals surface area contributed by atoms with Crippen LogP contribution in [0.2, 0.25) is 5.02 Å². The van der Waals surface area contributed by atoms with Crippen molar-refractivity contribution in [3.05, 3.63) is 52.8 Å². The van der Waals surface area contributed by atoms with Crippen molar-refractivity contribution < 1.29 is 9.63 Å². The van der Waals surface area contributed by atoms with Crippen LogP contribution in [0.1, 0.15) is 25.1 Å². The monoisotopic (exact) mass is 343 g/mol. The Morgan fingerprint density at radius 3 is 2.58 bits per heavy atom. The van der Waals surface area contributed by atoms with Crippen LogP contribution in [0.5, 0.6) is 0 Å². The van der Waals surface area contributed by atoms with Gasteiger partial charge >= 0.3 is 0 Å². The molecule has 3 rings (SSSR count). The number of halogens is 1. The molecule has 0 saturated heterocycles. The van der Waals surface area contributed by atoms with Gasteiger partial charge in [0.15, 0.2) is 0 Å². The molecule has 0 unspecified atom stereocenters. The van der Waals surface area contributed by atoms with Crippen LogP contribution in [-0.2, 0) is 13.0 Å². The number of rotatable bonds is 5. The fraction of sp³-hybridized carbons (Fsp3) is 0.278. The van der Waals surface area contributed by atoms with Crippen molar-refractivity contribution in [3.63, 3.8) is 0 Å². The molecule has 1 N–H and O–H groups in total. The summed E-state index contributed by atoms with van der Waals surface area (Å²) in [6, 6.07) is 9.31. The predicted molar refractivity (Wildman–Crippen MR) is 92.4 cm³/mol. The zero-order chi connectivity index (χ0) is 17.1. The lowest BCUT2D eigenvalue weighted by Gasteiger charge is -2.07. The highest BCUT2D eigenvalue weighted by Crippen LogP contribution is 2.27. The Morgan fingerprint density at radius 2 is 1.96 bits per heavy atom. The summed E-state index contributed by atoms with van der Waals surface area (Å²) in [4.78, 5) is 8.52. The van der Waals surface area contributed by atoms with Gasteiger partial charge in [-0.3, -0.25) is 4.98 Å². The Bertz CT molecular complexity index is 829. The summed E-state index contributed by atoms with van der Waals surface area (Å²) in [5, 5.41) is 13.7. The molecule has 0 atom stereocenters.